The second-order valence-corrected chi connectivity index (χ2v) is 8.71. The lowest BCUT2D eigenvalue weighted by molar-refractivity contribution is -0.128. The third-order valence-corrected chi connectivity index (χ3v) is 7.09. The topological polar surface area (TPSA) is 60.8 Å². The molecule has 1 aromatic heterocycles. The molecular formula is C21H21IN2O4. The standard InChI is InChI=1S/C21H21IN2O4/c1-12-9-10-27-21-15-8-7-14-16(22)18(25)19(17(24(14)15)20(26)23(12)21)28-11-13-5-3-2-4-6-13/h2-6,12,15,21H,7-11H2,1H3/t12-,15?,21?/m1/s1. The summed E-state index contributed by atoms with van der Waals surface area (Å²) >= 11 is 2.10. The van der Waals surface area contributed by atoms with Gasteiger partial charge in [-0.2, -0.15) is 0 Å². The number of carbonyl (C=O) groups excluding carboxylic acids is 1. The lowest BCUT2D eigenvalue weighted by Gasteiger charge is -2.47. The van der Waals surface area contributed by atoms with Crippen LogP contribution in [0.4, 0.5) is 0 Å². The number of benzene rings is 1. The quantitative estimate of drug-likeness (QED) is 0.619. The van der Waals surface area contributed by atoms with Crippen molar-refractivity contribution < 1.29 is 14.3 Å². The Labute approximate surface area is 176 Å². The maximum Gasteiger partial charge on any atom is 0.276 e. The Kier molecular flexibility index (Phi) is 4.46. The van der Waals surface area contributed by atoms with Crippen molar-refractivity contribution in [3.8, 4) is 5.75 Å². The number of carbonyl (C=O) groups is 1. The van der Waals surface area contributed by atoms with E-state index in [2.05, 4.69) is 22.6 Å². The molecule has 1 saturated heterocycles. The Bertz CT molecular complexity index is 1000. The van der Waals surface area contributed by atoms with E-state index in [1.807, 2.05) is 46.7 Å². The number of hydrogen-bond acceptors (Lipinski definition) is 4. The first kappa shape index (κ1) is 18.2. The first-order chi connectivity index (χ1) is 13.6. The van der Waals surface area contributed by atoms with Crippen LogP contribution < -0.4 is 10.2 Å². The molecule has 0 spiro atoms. The van der Waals surface area contributed by atoms with Crippen LogP contribution in [0.3, 0.4) is 0 Å². The van der Waals surface area contributed by atoms with Crippen molar-refractivity contribution in [3.63, 3.8) is 0 Å². The van der Waals surface area contributed by atoms with Gasteiger partial charge in [0, 0.05) is 11.7 Å². The number of aromatic nitrogens is 1. The molecule has 2 aromatic rings. The van der Waals surface area contributed by atoms with Crippen LogP contribution >= 0.6 is 22.6 Å². The molecule has 4 heterocycles. The average Bonchev–Trinajstić information content (AvgIpc) is 3.14. The molecule has 3 aliphatic rings. The number of rotatable bonds is 3. The van der Waals surface area contributed by atoms with E-state index in [-0.39, 0.29) is 42.0 Å². The Morgan fingerprint density at radius 3 is 2.79 bits per heavy atom. The normalized spacial score (nSPS) is 25.4. The van der Waals surface area contributed by atoms with E-state index in [1.165, 1.54) is 0 Å². The minimum Gasteiger partial charge on any atom is -0.483 e. The molecule has 0 aliphatic carbocycles. The maximum absolute atomic E-state index is 13.5. The molecule has 1 aromatic carbocycles. The predicted molar refractivity (Wildman–Crippen MR) is 112 cm³/mol. The van der Waals surface area contributed by atoms with E-state index in [4.69, 9.17) is 9.47 Å². The number of fused-ring (bicyclic) bond motifs is 2. The molecule has 0 saturated carbocycles. The fourth-order valence-electron chi connectivity index (χ4n) is 4.60. The van der Waals surface area contributed by atoms with Gasteiger partial charge in [-0.25, -0.2) is 0 Å². The van der Waals surface area contributed by atoms with Gasteiger partial charge in [0.25, 0.3) is 5.91 Å². The summed E-state index contributed by atoms with van der Waals surface area (Å²) in [5, 5.41) is 0. The average molecular weight is 492 g/mol. The summed E-state index contributed by atoms with van der Waals surface area (Å²) in [7, 11) is 0. The maximum atomic E-state index is 13.5. The number of nitrogens with zero attached hydrogens (tertiary/aromatic N) is 2. The highest BCUT2D eigenvalue weighted by Gasteiger charge is 2.49. The summed E-state index contributed by atoms with van der Waals surface area (Å²) in [4.78, 5) is 28.4. The highest BCUT2D eigenvalue weighted by molar-refractivity contribution is 14.1. The largest absolute Gasteiger partial charge is 0.483 e. The van der Waals surface area contributed by atoms with Gasteiger partial charge in [0.05, 0.1) is 16.2 Å². The van der Waals surface area contributed by atoms with Crippen LogP contribution in [0, 0.1) is 3.57 Å². The third-order valence-electron chi connectivity index (χ3n) is 5.98. The lowest BCUT2D eigenvalue weighted by Crippen LogP contribution is -2.58. The smallest absolute Gasteiger partial charge is 0.276 e. The number of hydrogen-bond donors (Lipinski definition) is 0. The lowest BCUT2D eigenvalue weighted by atomic mass is 10.0. The molecule has 7 heteroatoms. The summed E-state index contributed by atoms with van der Waals surface area (Å²) < 4.78 is 14.7. The van der Waals surface area contributed by atoms with Crippen molar-refractivity contribution in [2.24, 2.45) is 0 Å². The summed E-state index contributed by atoms with van der Waals surface area (Å²) in [5.41, 5.74) is 2.11. The van der Waals surface area contributed by atoms with Crippen molar-refractivity contribution in [1.29, 1.82) is 0 Å². The van der Waals surface area contributed by atoms with Gasteiger partial charge in [0.2, 0.25) is 5.43 Å². The Balaban J connectivity index is 1.64. The van der Waals surface area contributed by atoms with E-state index in [1.54, 1.807) is 0 Å². The summed E-state index contributed by atoms with van der Waals surface area (Å²) in [6, 6.07) is 9.82. The Morgan fingerprint density at radius 1 is 1.21 bits per heavy atom. The van der Waals surface area contributed by atoms with Crippen LogP contribution in [0.2, 0.25) is 0 Å². The van der Waals surface area contributed by atoms with Gasteiger partial charge in [-0.05, 0) is 54.3 Å². The van der Waals surface area contributed by atoms with Crippen molar-refractivity contribution in [2.75, 3.05) is 6.61 Å². The van der Waals surface area contributed by atoms with Crippen LogP contribution in [0.1, 0.15) is 47.6 Å². The first-order valence-electron chi connectivity index (χ1n) is 9.65. The van der Waals surface area contributed by atoms with Crippen molar-refractivity contribution in [2.45, 2.75) is 51.1 Å². The Morgan fingerprint density at radius 2 is 2.00 bits per heavy atom. The number of pyridine rings is 1. The fraction of sp³-hybridized carbons (Fsp3) is 0.429. The Hall–Kier alpha value is -1.87. The molecule has 0 N–H and O–H groups in total. The molecule has 2 unspecified atom stereocenters. The molecule has 1 amide bonds. The molecule has 1 fully saturated rings. The molecule has 0 bridgehead atoms. The molecule has 3 atom stereocenters. The monoisotopic (exact) mass is 492 g/mol. The molecule has 3 aliphatic heterocycles. The van der Waals surface area contributed by atoms with E-state index < -0.39 is 0 Å². The van der Waals surface area contributed by atoms with E-state index >= 15 is 0 Å². The van der Waals surface area contributed by atoms with Gasteiger partial charge in [0.15, 0.2) is 17.7 Å². The summed E-state index contributed by atoms with van der Waals surface area (Å²) in [6.07, 6.45) is 2.19. The van der Waals surface area contributed by atoms with Crippen LogP contribution in [-0.2, 0) is 17.8 Å². The van der Waals surface area contributed by atoms with Crippen LogP contribution in [-0.4, -0.2) is 34.3 Å². The minimum atomic E-state index is -0.259. The number of ether oxygens (including phenoxy) is 2. The first-order valence-corrected chi connectivity index (χ1v) is 10.7. The fourth-order valence-corrected chi connectivity index (χ4v) is 5.37. The van der Waals surface area contributed by atoms with Crippen LogP contribution in [0.5, 0.6) is 5.75 Å². The van der Waals surface area contributed by atoms with Crippen molar-refractivity contribution >= 4 is 28.5 Å². The minimum absolute atomic E-state index is 0.0404. The summed E-state index contributed by atoms with van der Waals surface area (Å²) in [6.45, 7) is 2.96. The SMILES string of the molecule is C[C@@H]1CCOC2C3CCc4c(I)c(=O)c(OCc5ccccc5)c(n43)C(=O)N21. The van der Waals surface area contributed by atoms with E-state index in [9.17, 15) is 9.59 Å². The summed E-state index contributed by atoms with van der Waals surface area (Å²) in [5.74, 6) is 0.0123. The van der Waals surface area contributed by atoms with Gasteiger partial charge in [-0.3, -0.25) is 9.59 Å². The number of amides is 1. The molecule has 0 radical (unpaired) electrons. The molecular weight excluding hydrogens is 471 g/mol. The zero-order valence-corrected chi connectivity index (χ0v) is 17.7. The highest BCUT2D eigenvalue weighted by atomic mass is 127. The van der Waals surface area contributed by atoms with Gasteiger partial charge >= 0.3 is 0 Å². The van der Waals surface area contributed by atoms with Crippen LogP contribution in [0.15, 0.2) is 35.1 Å². The van der Waals surface area contributed by atoms with Gasteiger partial charge in [-0.15, -0.1) is 0 Å². The molecule has 5 rings (SSSR count). The third kappa shape index (κ3) is 2.62. The van der Waals surface area contributed by atoms with Gasteiger partial charge in [0.1, 0.15) is 6.61 Å². The van der Waals surface area contributed by atoms with Gasteiger partial charge in [-0.1, -0.05) is 30.3 Å². The highest BCUT2D eigenvalue weighted by Crippen LogP contribution is 2.43. The second-order valence-electron chi connectivity index (χ2n) is 7.63. The van der Waals surface area contributed by atoms with Crippen molar-refractivity contribution in [1.82, 2.24) is 9.47 Å². The number of halogens is 1. The van der Waals surface area contributed by atoms with Gasteiger partial charge < -0.3 is 18.9 Å². The van der Waals surface area contributed by atoms with Crippen molar-refractivity contribution in [3.05, 3.63) is 61.1 Å². The van der Waals surface area contributed by atoms with E-state index in [0.29, 0.717) is 15.9 Å². The second kappa shape index (κ2) is 6.88. The molecule has 146 valence electrons. The molecule has 6 nitrogen and oxygen atoms in total. The molecule has 28 heavy (non-hydrogen) atoms. The zero-order chi connectivity index (χ0) is 19.4. The van der Waals surface area contributed by atoms with E-state index in [0.717, 1.165) is 30.5 Å². The van der Waals surface area contributed by atoms with Crippen LogP contribution in [0.25, 0.3) is 0 Å². The zero-order valence-electron chi connectivity index (χ0n) is 15.6. The predicted octanol–water partition coefficient (Wildman–Crippen LogP) is 3.11.